The summed E-state index contributed by atoms with van der Waals surface area (Å²) in [7, 11) is 0. The van der Waals surface area contributed by atoms with Crippen molar-refractivity contribution in [3.05, 3.63) is 0 Å². The zero-order chi connectivity index (χ0) is 12.1. The van der Waals surface area contributed by atoms with Crippen molar-refractivity contribution in [3.63, 3.8) is 0 Å². The van der Waals surface area contributed by atoms with Crippen molar-refractivity contribution in [2.45, 2.75) is 58.3 Å². The van der Waals surface area contributed by atoms with Crippen LogP contribution in [0.15, 0.2) is 0 Å². The molecule has 1 aliphatic heterocycles. The maximum Gasteiger partial charge on any atom is 0.141 e. The molecule has 0 amide bonds. The second-order valence-electron chi connectivity index (χ2n) is 5.82. The molecule has 98 valence electrons. The largest absolute Gasteiger partial charge is 0.381 e. The molecule has 0 aromatic heterocycles. The van der Waals surface area contributed by atoms with Crippen LogP contribution in [0.3, 0.4) is 0 Å². The SMILES string of the molecule is CCCCC1CCC(C(=O)C2CCOC2)CC1. The fraction of sp³-hybridized carbons (Fsp3) is 0.933. The Labute approximate surface area is 105 Å². The maximum atomic E-state index is 12.2. The van der Waals surface area contributed by atoms with Crippen molar-refractivity contribution in [2.75, 3.05) is 13.2 Å². The van der Waals surface area contributed by atoms with Gasteiger partial charge in [0.15, 0.2) is 0 Å². The zero-order valence-corrected chi connectivity index (χ0v) is 11.1. The van der Waals surface area contributed by atoms with E-state index >= 15 is 0 Å². The van der Waals surface area contributed by atoms with Crippen LogP contribution in [-0.4, -0.2) is 19.0 Å². The lowest BCUT2D eigenvalue weighted by Gasteiger charge is -2.28. The lowest BCUT2D eigenvalue weighted by molar-refractivity contribution is -0.128. The molecule has 1 heterocycles. The number of carbonyl (C=O) groups excluding carboxylic acids is 1. The second-order valence-corrected chi connectivity index (χ2v) is 5.82. The lowest BCUT2D eigenvalue weighted by atomic mass is 9.76. The average Bonchev–Trinajstić information content (AvgIpc) is 2.90. The van der Waals surface area contributed by atoms with E-state index in [9.17, 15) is 4.79 Å². The summed E-state index contributed by atoms with van der Waals surface area (Å²) in [5.74, 6) is 2.00. The lowest BCUT2D eigenvalue weighted by Crippen LogP contribution is -2.27. The molecule has 0 spiro atoms. The molecule has 0 aromatic rings. The van der Waals surface area contributed by atoms with Gasteiger partial charge in [0.05, 0.1) is 6.61 Å². The van der Waals surface area contributed by atoms with Crippen LogP contribution < -0.4 is 0 Å². The predicted molar refractivity (Wildman–Crippen MR) is 68.9 cm³/mol. The van der Waals surface area contributed by atoms with E-state index in [1.54, 1.807) is 0 Å². The molecule has 0 radical (unpaired) electrons. The van der Waals surface area contributed by atoms with Crippen molar-refractivity contribution >= 4 is 5.78 Å². The van der Waals surface area contributed by atoms with Crippen LogP contribution >= 0.6 is 0 Å². The van der Waals surface area contributed by atoms with Crippen LogP contribution in [0.4, 0.5) is 0 Å². The van der Waals surface area contributed by atoms with Crippen molar-refractivity contribution in [2.24, 2.45) is 17.8 Å². The quantitative estimate of drug-likeness (QED) is 0.731. The number of hydrogen-bond donors (Lipinski definition) is 0. The Morgan fingerprint density at radius 3 is 2.47 bits per heavy atom. The Kier molecular flexibility index (Phi) is 5.02. The van der Waals surface area contributed by atoms with E-state index in [2.05, 4.69) is 6.92 Å². The first-order valence-electron chi connectivity index (χ1n) is 7.42. The fourth-order valence-corrected chi connectivity index (χ4v) is 3.32. The van der Waals surface area contributed by atoms with Gasteiger partial charge < -0.3 is 4.74 Å². The first kappa shape index (κ1) is 13.1. The standard InChI is InChI=1S/C15H26O2/c1-2-3-4-12-5-7-13(8-6-12)15(16)14-9-10-17-11-14/h12-14H,2-11H2,1H3. The smallest absolute Gasteiger partial charge is 0.141 e. The number of hydrogen-bond acceptors (Lipinski definition) is 2. The number of carbonyl (C=O) groups is 1. The van der Waals surface area contributed by atoms with Gasteiger partial charge in [0.1, 0.15) is 5.78 Å². The first-order valence-corrected chi connectivity index (χ1v) is 7.42. The van der Waals surface area contributed by atoms with Crippen molar-refractivity contribution in [1.82, 2.24) is 0 Å². The number of unbranched alkanes of at least 4 members (excludes halogenated alkanes) is 1. The third-order valence-electron chi connectivity index (χ3n) is 4.55. The van der Waals surface area contributed by atoms with E-state index in [1.165, 1.54) is 32.1 Å². The van der Waals surface area contributed by atoms with Gasteiger partial charge >= 0.3 is 0 Å². The minimum atomic E-state index is 0.229. The zero-order valence-electron chi connectivity index (χ0n) is 11.1. The van der Waals surface area contributed by atoms with Crippen LogP contribution in [0.2, 0.25) is 0 Å². The Balaban J connectivity index is 1.72. The Hall–Kier alpha value is -0.370. The molecule has 1 unspecified atom stereocenters. The van der Waals surface area contributed by atoms with Crippen LogP contribution in [0, 0.1) is 17.8 Å². The Bertz CT molecular complexity index is 235. The summed E-state index contributed by atoms with van der Waals surface area (Å²) < 4.78 is 5.32. The van der Waals surface area contributed by atoms with Crippen LogP contribution in [0.25, 0.3) is 0 Å². The minimum absolute atomic E-state index is 0.229. The van der Waals surface area contributed by atoms with Gasteiger partial charge in [-0.05, 0) is 38.0 Å². The number of ketones is 1. The molecule has 2 nitrogen and oxygen atoms in total. The number of ether oxygens (including phenoxy) is 1. The molecule has 17 heavy (non-hydrogen) atoms. The average molecular weight is 238 g/mol. The number of rotatable bonds is 5. The predicted octanol–water partition coefficient (Wildman–Crippen LogP) is 3.59. The summed E-state index contributed by atoms with van der Waals surface area (Å²) in [5, 5.41) is 0. The molecule has 2 rings (SSSR count). The highest BCUT2D eigenvalue weighted by Gasteiger charge is 2.32. The summed E-state index contributed by atoms with van der Waals surface area (Å²) >= 11 is 0. The summed E-state index contributed by atoms with van der Waals surface area (Å²) in [6.45, 7) is 3.74. The topological polar surface area (TPSA) is 26.3 Å². The van der Waals surface area contributed by atoms with E-state index in [1.807, 2.05) is 0 Å². The monoisotopic (exact) mass is 238 g/mol. The Morgan fingerprint density at radius 2 is 1.88 bits per heavy atom. The minimum Gasteiger partial charge on any atom is -0.381 e. The third-order valence-corrected chi connectivity index (χ3v) is 4.55. The van der Waals surface area contributed by atoms with Gasteiger partial charge in [-0.2, -0.15) is 0 Å². The molecule has 0 bridgehead atoms. The van der Waals surface area contributed by atoms with Gasteiger partial charge in [0, 0.05) is 18.4 Å². The summed E-state index contributed by atoms with van der Waals surface area (Å²) in [6, 6.07) is 0. The van der Waals surface area contributed by atoms with E-state index in [4.69, 9.17) is 4.74 Å². The van der Waals surface area contributed by atoms with Gasteiger partial charge in [0.2, 0.25) is 0 Å². The highest BCUT2D eigenvalue weighted by Crippen LogP contribution is 2.34. The summed E-state index contributed by atoms with van der Waals surface area (Å²) in [6.07, 6.45) is 9.86. The first-order chi connectivity index (χ1) is 8.31. The molecule has 0 aromatic carbocycles. The van der Waals surface area contributed by atoms with Crippen LogP contribution in [0.1, 0.15) is 58.3 Å². The van der Waals surface area contributed by atoms with Crippen LogP contribution in [0.5, 0.6) is 0 Å². The fourth-order valence-electron chi connectivity index (χ4n) is 3.32. The van der Waals surface area contributed by atoms with E-state index in [0.717, 1.165) is 31.8 Å². The molecule has 1 saturated carbocycles. The van der Waals surface area contributed by atoms with E-state index in [-0.39, 0.29) is 5.92 Å². The van der Waals surface area contributed by atoms with Gasteiger partial charge in [-0.25, -0.2) is 0 Å². The molecule has 1 atom stereocenters. The molecule has 1 saturated heterocycles. The van der Waals surface area contributed by atoms with E-state index < -0.39 is 0 Å². The normalized spacial score (nSPS) is 33.8. The highest BCUT2D eigenvalue weighted by molar-refractivity contribution is 5.83. The van der Waals surface area contributed by atoms with Gasteiger partial charge in [-0.15, -0.1) is 0 Å². The van der Waals surface area contributed by atoms with Crippen molar-refractivity contribution < 1.29 is 9.53 Å². The molecule has 2 fully saturated rings. The van der Waals surface area contributed by atoms with Gasteiger partial charge in [-0.3, -0.25) is 4.79 Å². The highest BCUT2D eigenvalue weighted by atomic mass is 16.5. The summed E-state index contributed by atoms with van der Waals surface area (Å²) in [5.41, 5.74) is 0. The van der Waals surface area contributed by atoms with E-state index in [0.29, 0.717) is 18.3 Å². The molecule has 2 heteroatoms. The van der Waals surface area contributed by atoms with Gasteiger partial charge in [-0.1, -0.05) is 26.2 Å². The summed E-state index contributed by atoms with van der Waals surface area (Å²) in [4.78, 5) is 12.2. The van der Waals surface area contributed by atoms with Crippen LogP contribution in [-0.2, 0) is 9.53 Å². The van der Waals surface area contributed by atoms with Gasteiger partial charge in [0.25, 0.3) is 0 Å². The third kappa shape index (κ3) is 3.54. The molecule has 1 aliphatic carbocycles. The Morgan fingerprint density at radius 1 is 1.12 bits per heavy atom. The van der Waals surface area contributed by atoms with Crippen molar-refractivity contribution in [1.29, 1.82) is 0 Å². The molecule has 0 N–H and O–H groups in total. The maximum absolute atomic E-state index is 12.2. The number of Topliss-reactive ketones (excluding diaryl/α,β-unsaturated/α-hetero) is 1. The molecule has 2 aliphatic rings. The molecular weight excluding hydrogens is 212 g/mol. The van der Waals surface area contributed by atoms with Crippen molar-refractivity contribution in [3.8, 4) is 0 Å². The molecular formula is C15H26O2. The second kappa shape index (κ2) is 6.53.